The molecule has 1 N–H and O–H groups in total. The summed E-state index contributed by atoms with van der Waals surface area (Å²) >= 11 is 0. The number of piperidine rings is 1. The number of rotatable bonds is 4. The van der Waals surface area contributed by atoms with E-state index in [1.165, 1.54) is 17.7 Å². The number of benzene rings is 4. The van der Waals surface area contributed by atoms with Gasteiger partial charge in [0.05, 0.1) is 11.1 Å². The molecule has 0 unspecified atom stereocenters. The first-order valence-corrected chi connectivity index (χ1v) is 12.9. The molecule has 7 heteroatoms. The summed E-state index contributed by atoms with van der Waals surface area (Å²) in [5, 5.41) is 11.3. The minimum absolute atomic E-state index is 0.142. The van der Waals surface area contributed by atoms with Crippen LogP contribution < -0.4 is 0 Å². The molecule has 1 aliphatic carbocycles. The SMILES string of the molecule is CC(=O)N1C[C@@H]2C[C@H]1C[C@H]2c1ccc(-c2cc(C(=O)O)cc3cc(-c4ccc(C(F)(F)F)cc4)ccc23)cc1. The molecular formula is C32H26F3NO3. The maximum atomic E-state index is 13.0. The van der Waals surface area contributed by atoms with E-state index in [1.54, 1.807) is 19.1 Å². The maximum Gasteiger partial charge on any atom is 0.416 e. The van der Waals surface area contributed by atoms with Crippen molar-refractivity contribution < 1.29 is 27.9 Å². The third kappa shape index (κ3) is 4.56. The van der Waals surface area contributed by atoms with Crippen LogP contribution in [0.5, 0.6) is 0 Å². The highest BCUT2D eigenvalue weighted by Crippen LogP contribution is 2.48. The van der Waals surface area contributed by atoms with Gasteiger partial charge < -0.3 is 10.0 Å². The second-order valence-corrected chi connectivity index (χ2v) is 10.6. The summed E-state index contributed by atoms with van der Waals surface area (Å²) in [5.74, 6) is -0.0349. The van der Waals surface area contributed by atoms with Crippen LogP contribution in [-0.4, -0.2) is 34.5 Å². The molecule has 1 saturated heterocycles. The van der Waals surface area contributed by atoms with Gasteiger partial charge in [-0.3, -0.25) is 4.79 Å². The maximum absolute atomic E-state index is 13.0. The summed E-state index contributed by atoms with van der Waals surface area (Å²) in [5.41, 5.74) is 3.66. The van der Waals surface area contributed by atoms with E-state index < -0.39 is 17.7 Å². The monoisotopic (exact) mass is 529 g/mol. The van der Waals surface area contributed by atoms with Crippen LogP contribution in [0.25, 0.3) is 33.0 Å². The van der Waals surface area contributed by atoms with Crippen LogP contribution in [0.4, 0.5) is 13.2 Å². The minimum Gasteiger partial charge on any atom is -0.478 e. The Hall–Kier alpha value is -4.13. The molecule has 2 fully saturated rings. The van der Waals surface area contributed by atoms with Gasteiger partial charge in [-0.15, -0.1) is 0 Å². The number of alkyl halides is 3. The highest BCUT2D eigenvalue weighted by Gasteiger charge is 2.45. The lowest BCUT2D eigenvalue weighted by Crippen LogP contribution is -2.38. The fourth-order valence-electron chi connectivity index (χ4n) is 6.42. The normalized spacial score (nSPS) is 20.5. The molecule has 4 aromatic carbocycles. The summed E-state index contributed by atoms with van der Waals surface area (Å²) < 4.78 is 38.9. The van der Waals surface area contributed by atoms with E-state index in [1.807, 2.05) is 35.2 Å². The minimum atomic E-state index is -4.41. The fourth-order valence-corrected chi connectivity index (χ4v) is 6.42. The number of nitrogens with zero attached hydrogens (tertiary/aromatic N) is 1. The van der Waals surface area contributed by atoms with Crippen LogP contribution in [0.1, 0.15) is 47.2 Å². The third-order valence-electron chi connectivity index (χ3n) is 8.34. The molecule has 0 radical (unpaired) electrons. The third-order valence-corrected chi connectivity index (χ3v) is 8.34. The van der Waals surface area contributed by atoms with E-state index in [0.717, 1.165) is 48.0 Å². The molecule has 1 heterocycles. The average Bonchev–Trinajstić information content (AvgIpc) is 3.53. The molecule has 6 rings (SSSR count). The summed E-state index contributed by atoms with van der Waals surface area (Å²) in [4.78, 5) is 25.8. The molecule has 39 heavy (non-hydrogen) atoms. The summed E-state index contributed by atoms with van der Waals surface area (Å²) in [6, 6.07) is 22.3. The van der Waals surface area contributed by atoms with E-state index in [2.05, 4.69) is 12.1 Å². The Kier molecular flexibility index (Phi) is 5.97. The summed E-state index contributed by atoms with van der Waals surface area (Å²) in [7, 11) is 0. The Bertz CT molecular complexity index is 1590. The number of hydrogen-bond acceptors (Lipinski definition) is 2. The Labute approximate surface area is 223 Å². The molecule has 1 saturated carbocycles. The van der Waals surface area contributed by atoms with Crippen LogP contribution in [0.2, 0.25) is 0 Å². The van der Waals surface area contributed by atoms with Gasteiger partial charge in [-0.25, -0.2) is 4.79 Å². The van der Waals surface area contributed by atoms with Gasteiger partial charge in [0.1, 0.15) is 0 Å². The van der Waals surface area contributed by atoms with Crippen molar-refractivity contribution in [2.24, 2.45) is 5.92 Å². The first kappa shape index (κ1) is 25.2. The molecule has 4 nitrogen and oxygen atoms in total. The van der Waals surface area contributed by atoms with Gasteiger partial charge in [0, 0.05) is 19.5 Å². The number of fused-ring (bicyclic) bond motifs is 3. The predicted octanol–water partition coefficient (Wildman–Crippen LogP) is 7.62. The topological polar surface area (TPSA) is 57.6 Å². The number of likely N-dealkylation sites (tertiary alicyclic amines) is 1. The number of halogens is 3. The second kappa shape index (κ2) is 9.26. The van der Waals surface area contributed by atoms with Gasteiger partial charge in [0.15, 0.2) is 0 Å². The largest absolute Gasteiger partial charge is 0.478 e. The zero-order chi connectivity index (χ0) is 27.5. The van der Waals surface area contributed by atoms with E-state index in [0.29, 0.717) is 34.4 Å². The van der Waals surface area contributed by atoms with Crippen molar-refractivity contribution in [1.82, 2.24) is 4.90 Å². The predicted molar refractivity (Wildman–Crippen MR) is 143 cm³/mol. The molecule has 4 aromatic rings. The summed E-state index contributed by atoms with van der Waals surface area (Å²) in [6.45, 7) is 2.44. The molecule has 0 spiro atoms. The molecule has 198 valence electrons. The Morgan fingerprint density at radius 1 is 0.846 bits per heavy atom. The Morgan fingerprint density at radius 3 is 2.10 bits per heavy atom. The van der Waals surface area contributed by atoms with Crippen LogP contribution in [0, 0.1) is 5.92 Å². The number of aromatic carboxylic acids is 1. The first-order valence-electron chi connectivity index (χ1n) is 12.9. The van der Waals surface area contributed by atoms with Crippen molar-refractivity contribution in [2.45, 2.75) is 37.9 Å². The number of carbonyl (C=O) groups excluding carboxylic acids is 1. The zero-order valence-electron chi connectivity index (χ0n) is 21.2. The molecule has 3 atom stereocenters. The lowest BCUT2D eigenvalue weighted by molar-refractivity contribution is -0.137. The van der Waals surface area contributed by atoms with Crippen LogP contribution in [0.3, 0.4) is 0 Å². The van der Waals surface area contributed by atoms with Crippen molar-refractivity contribution >= 4 is 22.6 Å². The standard InChI is InChI=1S/C32H26F3NO3/c1-18(37)36-17-25-14-27(36)16-29(25)20-2-4-21(5-3-20)30-15-24(31(38)39)13-23-12-22(8-11-28(23)30)19-6-9-26(10-7-19)32(33,34)35/h2-13,15,25,27,29H,14,16-17H2,1H3,(H,38,39)/t25-,27-,29-/m0/s1. The van der Waals surface area contributed by atoms with Crippen LogP contribution in [-0.2, 0) is 11.0 Å². The van der Waals surface area contributed by atoms with Crippen molar-refractivity contribution in [3.05, 3.63) is 95.6 Å². The average molecular weight is 530 g/mol. The van der Waals surface area contributed by atoms with Gasteiger partial charge in [-0.1, -0.05) is 48.5 Å². The van der Waals surface area contributed by atoms with E-state index in [9.17, 15) is 27.9 Å². The molecule has 1 aliphatic heterocycles. The highest BCUT2D eigenvalue weighted by atomic mass is 19.4. The first-order chi connectivity index (χ1) is 18.6. The van der Waals surface area contributed by atoms with E-state index in [-0.39, 0.29) is 11.5 Å². The number of carbonyl (C=O) groups is 2. The number of carboxylic acid groups (broad SMARTS) is 1. The molecular weight excluding hydrogens is 503 g/mol. The van der Waals surface area contributed by atoms with Crippen LogP contribution in [0.15, 0.2) is 78.9 Å². The Morgan fingerprint density at radius 2 is 1.51 bits per heavy atom. The van der Waals surface area contributed by atoms with Gasteiger partial charge in [-0.2, -0.15) is 13.2 Å². The van der Waals surface area contributed by atoms with Gasteiger partial charge >= 0.3 is 12.1 Å². The molecule has 2 bridgehead atoms. The van der Waals surface area contributed by atoms with Crippen molar-refractivity contribution in [3.8, 4) is 22.3 Å². The zero-order valence-corrected chi connectivity index (χ0v) is 21.2. The van der Waals surface area contributed by atoms with Crippen molar-refractivity contribution in [1.29, 1.82) is 0 Å². The van der Waals surface area contributed by atoms with Crippen LogP contribution >= 0.6 is 0 Å². The van der Waals surface area contributed by atoms with E-state index in [4.69, 9.17) is 0 Å². The number of amides is 1. The second-order valence-electron chi connectivity index (χ2n) is 10.6. The van der Waals surface area contributed by atoms with Gasteiger partial charge in [0.25, 0.3) is 0 Å². The number of hydrogen-bond donors (Lipinski definition) is 1. The quantitative estimate of drug-likeness (QED) is 0.296. The number of carboxylic acids is 1. The fraction of sp³-hybridized carbons (Fsp3) is 0.250. The lowest BCUT2D eigenvalue weighted by Gasteiger charge is -2.31. The van der Waals surface area contributed by atoms with E-state index >= 15 is 0 Å². The molecule has 0 aromatic heterocycles. The summed E-state index contributed by atoms with van der Waals surface area (Å²) in [6.07, 6.45) is -2.40. The van der Waals surface area contributed by atoms with Crippen molar-refractivity contribution in [2.75, 3.05) is 6.54 Å². The smallest absolute Gasteiger partial charge is 0.416 e. The highest BCUT2D eigenvalue weighted by molar-refractivity contribution is 6.04. The van der Waals surface area contributed by atoms with Crippen molar-refractivity contribution in [3.63, 3.8) is 0 Å². The molecule has 2 aliphatic rings. The Balaban J connectivity index is 1.33. The van der Waals surface area contributed by atoms with Gasteiger partial charge in [-0.05, 0) is 93.6 Å². The molecule has 1 amide bonds. The van der Waals surface area contributed by atoms with Gasteiger partial charge in [0.2, 0.25) is 5.91 Å². The lowest BCUT2D eigenvalue weighted by atomic mass is 9.86.